The summed E-state index contributed by atoms with van der Waals surface area (Å²) >= 11 is 0. The average Bonchev–Trinajstić information content (AvgIpc) is 2.87. The maximum Gasteiger partial charge on any atom is 0.123 e. The van der Waals surface area contributed by atoms with Gasteiger partial charge in [-0.25, -0.2) is 4.39 Å². The summed E-state index contributed by atoms with van der Waals surface area (Å²) in [6.45, 7) is 3.65. The van der Waals surface area contributed by atoms with E-state index in [1.54, 1.807) is 0 Å². The van der Waals surface area contributed by atoms with Gasteiger partial charge >= 0.3 is 0 Å². The zero-order valence-corrected chi connectivity index (χ0v) is 13.2. The summed E-state index contributed by atoms with van der Waals surface area (Å²) in [7, 11) is 1.96. The van der Waals surface area contributed by atoms with Crippen LogP contribution in [0.4, 0.5) is 4.39 Å². The maximum atomic E-state index is 13.3. The molecule has 0 fully saturated rings. The smallest absolute Gasteiger partial charge is 0.123 e. The Morgan fingerprint density at radius 1 is 1.18 bits per heavy atom. The van der Waals surface area contributed by atoms with Crippen LogP contribution in [0.2, 0.25) is 0 Å². The van der Waals surface area contributed by atoms with Crippen LogP contribution < -0.4 is 5.32 Å². The van der Waals surface area contributed by atoms with Crippen LogP contribution in [0.25, 0.3) is 0 Å². The highest BCUT2D eigenvalue weighted by molar-refractivity contribution is 5.45. The first-order valence-corrected chi connectivity index (χ1v) is 7.80. The largest absolute Gasteiger partial charge is 0.361 e. The molecule has 0 aromatic heterocycles. The number of nitrogens with one attached hydrogen (secondary N) is 1. The van der Waals surface area contributed by atoms with Gasteiger partial charge < -0.3 is 10.1 Å². The molecular weight excluding hydrogens is 277 g/mol. The van der Waals surface area contributed by atoms with Crippen molar-refractivity contribution in [3.05, 3.63) is 70.5 Å². The molecule has 3 heteroatoms. The minimum absolute atomic E-state index is 0.212. The lowest BCUT2D eigenvalue weighted by atomic mass is 9.81. The Balaban J connectivity index is 2.04. The zero-order chi connectivity index (χ0) is 15.6. The molecule has 1 aliphatic rings. The minimum Gasteiger partial charge on any atom is -0.361 e. The topological polar surface area (TPSA) is 21.3 Å². The van der Waals surface area contributed by atoms with Crippen LogP contribution in [0.3, 0.4) is 0 Å². The first-order valence-electron chi connectivity index (χ1n) is 7.80. The predicted octanol–water partition coefficient (Wildman–Crippen LogP) is 3.91. The van der Waals surface area contributed by atoms with Crippen molar-refractivity contribution in [3.8, 4) is 0 Å². The third-order valence-electron chi connectivity index (χ3n) is 4.44. The minimum atomic E-state index is -0.451. The number of hydrogen-bond acceptors (Lipinski definition) is 2. The van der Waals surface area contributed by atoms with Gasteiger partial charge in [0.25, 0.3) is 0 Å². The van der Waals surface area contributed by atoms with E-state index in [4.69, 9.17) is 4.74 Å². The van der Waals surface area contributed by atoms with Gasteiger partial charge in [-0.1, -0.05) is 35.9 Å². The summed E-state index contributed by atoms with van der Waals surface area (Å²) in [5.74, 6) is -0.212. The van der Waals surface area contributed by atoms with Crippen LogP contribution in [-0.4, -0.2) is 13.6 Å². The third kappa shape index (κ3) is 2.67. The lowest BCUT2D eigenvalue weighted by Crippen LogP contribution is -2.28. The van der Waals surface area contributed by atoms with E-state index in [0.29, 0.717) is 6.61 Å². The van der Waals surface area contributed by atoms with Crippen LogP contribution in [0.5, 0.6) is 0 Å². The number of hydrogen-bond donors (Lipinski definition) is 1. The Morgan fingerprint density at radius 3 is 2.68 bits per heavy atom. The van der Waals surface area contributed by atoms with E-state index < -0.39 is 5.60 Å². The van der Waals surface area contributed by atoms with E-state index in [9.17, 15) is 4.39 Å². The summed E-state index contributed by atoms with van der Waals surface area (Å²) in [5.41, 5.74) is 4.29. The Kier molecular flexibility index (Phi) is 4.27. The first kappa shape index (κ1) is 15.2. The fourth-order valence-electron chi connectivity index (χ4n) is 3.34. The van der Waals surface area contributed by atoms with Gasteiger partial charge in [0.15, 0.2) is 0 Å². The van der Waals surface area contributed by atoms with E-state index in [2.05, 4.69) is 30.4 Å². The molecule has 0 saturated carbocycles. The Labute approximate surface area is 131 Å². The number of benzene rings is 2. The molecule has 2 aromatic rings. The van der Waals surface area contributed by atoms with Crippen LogP contribution in [-0.2, 0) is 16.9 Å². The second-order valence-electron chi connectivity index (χ2n) is 5.99. The predicted molar refractivity (Wildman–Crippen MR) is 86.3 cm³/mol. The second kappa shape index (κ2) is 6.19. The lowest BCUT2D eigenvalue weighted by molar-refractivity contribution is -0.0128. The molecule has 3 rings (SSSR count). The molecule has 116 valence electrons. The van der Waals surface area contributed by atoms with E-state index in [1.807, 2.05) is 19.2 Å². The Hall–Kier alpha value is -1.71. The van der Waals surface area contributed by atoms with Crippen molar-refractivity contribution < 1.29 is 9.13 Å². The van der Waals surface area contributed by atoms with Gasteiger partial charge in [-0.05, 0) is 62.2 Å². The van der Waals surface area contributed by atoms with E-state index in [1.165, 1.54) is 28.8 Å². The monoisotopic (exact) mass is 299 g/mol. The molecule has 22 heavy (non-hydrogen) atoms. The van der Waals surface area contributed by atoms with Crippen molar-refractivity contribution in [2.24, 2.45) is 0 Å². The number of fused-ring (bicyclic) bond motifs is 1. The van der Waals surface area contributed by atoms with Gasteiger partial charge in [-0.2, -0.15) is 0 Å². The Bertz CT molecular complexity index is 653. The molecule has 1 N–H and O–H groups in total. The van der Waals surface area contributed by atoms with Gasteiger partial charge in [-0.3, -0.25) is 0 Å². The third-order valence-corrected chi connectivity index (χ3v) is 4.44. The average molecular weight is 299 g/mol. The first-order chi connectivity index (χ1) is 10.7. The SMILES string of the molecule is CNCCCC1(c2ccc(F)cc2)OCc2cc(C)ccc21. The number of ether oxygens (including phenoxy) is 1. The number of aryl methyl sites for hydroxylation is 1. The molecule has 0 spiro atoms. The molecule has 0 bridgehead atoms. The normalized spacial score (nSPS) is 20.1. The molecule has 0 amide bonds. The van der Waals surface area contributed by atoms with Crippen LogP contribution in [0, 0.1) is 12.7 Å². The zero-order valence-electron chi connectivity index (χ0n) is 13.2. The van der Waals surface area contributed by atoms with Crippen molar-refractivity contribution in [1.82, 2.24) is 5.32 Å². The lowest BCUT2D eigenvalue weighted by Gasteiger charge is -2.30. The highest BCUT2D eigenvalue weighted by atomic mass is 19.1. The molecule has 1 heterocycles. The standard InChI is InChI=1S/C19H22FNO/c1-14-4-9-18-15(12-14)13-22-19(18,10-3-11-21-2)16-5-7-17(20)8-6-16/h4-9,12,21H,3,10-11,13H2,1-2H3. The van der Waals surface area contributed by atoms with Gasteiger partial charge in [0.2, 0.25) is 0 Å². The molecule has 2 nitrogen and oxygen atoms in total. The molecular formula is C19H22FNO. The van der Waals surface area contributed by atoms with Gasteiger partial charge in [0.05, 0.1) is 6.61 Å². The van der Waals surface area contributed by atoms with E-state index in [0.717, 1.165) is 24.9 Å². The summed E-state index contributed by atoms with van der Waals surface area (Å²) in [4.78, 5) is 0. The van der Waals surface area contributed by atoms with Gasteiger partial charge in [0, 0.05) is 0 Å². The maximum absolute atomic E-state index is 13.3. The van der Waals surface area contributed by atoms with Crippen LogP contribution >= 0.6 is 0 Å². The van der Waals surface area contributed by atoms with Crippen molar-refractivity contribution in [2.75, 3.05) is 13.6 Å². The molecule has 0 aliphatic carbocycles. The van der Waals surface area contributed by atoms with Crippen molar-refractivity contribution in [1.29, 1.82) is 0 Å². The summed E-state index contributed by atoms with van der Waals surface area (Å²) in [6.07, 6.45) is 1.89. The number of halogens is 1. The van der Waals surface area contributed by atoms with Crippen molar-refractivity contribution in [3.63, 3.8) is 0 Å². The van der Waals surface area contributed by atoms with Gasteiger partial charge in [-0.15, -0.1) is 0 Å². The molecule has 1 atom stereocenters. The molecule has 1 unspecified atom stereocenters. The van der Waals surface area contributed by atoms with Crippen LogP contribution in [0.1, 0.15) is 35.1 Å². The van der Waals surface area contributed by atoms with E-state index >= 15 is 0 Å². The summed E-state index contributed by atoms with van der Waals surface area (Å²) < 4.78 is 19.6. The Morgan fingerprint density at radius 2 is 1.95 bits per heavy atom. The molecule has 1 aliphatic heterocycles. The van der Waals surface area contributed by atoms with Crippen molar-refractivity contribution in [2.45, 2.75) is 32.0 Å². The summed E-state index contributed by atoms with van der Waals surface area (Å²) in [5, 5.41) is 3.19. The molecule has 0 radical (unpaired) electrons. The van der Waals surface area contributed by atoms with Gasteiger partial charge in [0.1, 0.15) is 11.4 Å². The quantitative estimate of drug-likeness (QED) is 0.845. The highest BCUT2D eigenvalue weighted by Crippen LogP contribution is 2.45. The number of rotatable bonds is 5. The van der Waals surface area contributed by atoms with E-state index in [-0.39, 0.29) is 5.82 Å². The van der Waals surface area contributed by atoms with Crippen LogP contribution in [0.15, 0.2) is 42.5 Å². The fourth-order valence-corrected chi connectivity index (χ4v) is 3.34. The highest BCUT2D eigenvalue weighted by Gasteiger charge is 2.41. The summed E-state index contributed by atoms with van der Waals surface area (Å²) in [6, 6.07) is 13.2. The molecule has 2 aromatic carbocycles. The second-order valence-corrected chi connectivity index (χ2v) is 5.99. The molecule has 0 saturated heterocycles. The van der Waals surface area contributed by atoms with Crippen molar-refractivity contribution >= 4 is 0 Å². The fraction of sp³-hybridized carbons (Fsp3) is 0.368.